The van der Waals surface area contributed by atoms with E-state index < -0.39 is 0 Å². The van der Waals surface area contributed by atoms with E-state index in [0.717, 1.165) is 28.9 Å². The van der Waals surface area contributed by atoms with Gasteiger partial charge in [-0.25, -0.2) is 4.98 Å². The number of pyridine rings is 1. The molecule has 0 radical (unpaired) electrons. The van der Waals surface area contributed by atoms with Crippen LogP contribution in [0.2, 0.25) is 0 Å². The average molecular weight is 273 g/mol. The number of methoxy groups -OCH3 is 1. The van der Waals surface area contributed by atoms with E-state index in [4.69, 9.17) is 10.5 Å². The van der Waals surface area contributed by atoms with Crippen molar-refractivity contribution >= 4 is 16.6 Å². The van der Waals surface area contributed by atoms with Crippen molar-refractivity contribution in [3.05, 3.63) is 30.5 Å². The summed E-state index contributed by atoms with van der Waals surface area (Å²) in [5, 5.41) is 2.26. The van der Waals surface area contributed by atoms with Crippen molar-refractivity contribution in [2.45, 2.75) is 13.8 Å². The lowest BCUT2D eigenvalue weighted by atomic mass is 9.93. The third-order valence-corrected chi connectivity index (χ3v) is 3.53. The van der Waals surface area contributed by atoms with Gasteiger partial charge in [0, 0.05) is 25.2 Å². The van der Waals surface area contributed by atoms with Gasteiger partial charge in [-0.3, -0.25) is 0 Å². The number of fused-ring (bicyclic) bond motifs is 1. The molecule has 4 heteroatoms. The molecule has 0 fully saturated rings. The molecule has 1 aromatic heterocycles. The molecule has 108 valence electrons. The van der Waals surface area contributed by atoms with Crippen LogP contribution in [-0.2, 0) is 0 Å². The van der Waals surface area contributed by atoms with E-state index >= 15 is 0 Å². The molecule has 1 aromatic carbocycles. The molecule has 0 saturated heterocycles. The minimum atomic E-state index is 0.0606. The summed E-state index contributed by atoms with van der Waals surface area (Å²) in [5.74, 6) is 1.84. The SMILES string of the molecule is COc1ccc2c(N(C)CC(C)(C)CN)nccc2c1. The van der Waals surface area contributed by atoms with Gasteiger partial charge in [0.05, 0.1) is 7.11 Å². The van der Waals surface area contributed by atoms with Crippen molar-refractivity contribution < 1.29 is 4.74 Å². The van der Waals surface area contributed by atoms with Crippen LogP contribution in [0, 0.1) is 5.41 Å². The maximum absolute atomic E-state index is 5.82. The Kier molecular flexibility index (Phi) is 4.14. The minimum absolute atomic E-state index is 0.0606. The van der Waals surface area contributed by atoms with Gasteiger partial charge in [0.1, 0.15) is 11.6 Å². The molecule has 20 heavy (non-hydrogen) atoms. The third kappa shape index (κ3) is 3.02. The zero-order chi connectivity index (χ0) is 14.8. The number of hydrogen-bond donors (Lipinski definition) is 1. The predicted molar refractivity (Wildman–Crippen MR) is 84.4 cm³/mol. The molecule has 2 rings (SSSR count). The first kappa shape index (κ1) is 14.6. The Morgan fingerprint density at radius 1 is 1.30 bits per heavy atom. The number of anilines is 1. The number of nitrogens with zero attached hydrogens (tertiary/aromatic N) is 2. The summed E-state index contributed by atoms with van der Waals surface area (Å²) in [6.45, 7) is 5.84. The predicted octanol–water partition coefficient (Wildman–Crippen LogP) is 2.66. The molecule has 0 unspecified atom stereocenters. The second-order valence-electron chi connectivity index (χ2n) is 5.95. The van der Waals surface area contributed by atoms with Crippen molar-refractivity contribution in [2.24, 2.45) is 11.1 Å². The lowest BCUT2D eigenvalue weighted by Crippen LogP contribution is -2.37. The highest BCUT2D eigenvalue weighted by Gasteiger charge is 2.20. The molecule has 0 aliphatic carbocycles. The molecule has 0 atom stereocenters. The van der Waals surface area contributed by atoms with Gasteiger partial charge >= 0.3 is 0 Å². The van der Waals surface area contributed by atoms with E-state index in [0.29, 0.717) is 6.54 Å². The lowest BCUT2D eigenvalue weighted by Gasteiger charge is -2.30. The van der Waals surface area contributed by atoms with Crippen molar-refractivity contribution in [3.8, 4) is 5.75 Å². The van der Waals surface area contributed by atoms with Gasteiger partial charge in [-0.15, -0.1) is 0 Å². The van der Waals surface area contributed by atoms with E-state index in [1.165, 1.54) is 0 Å². The Labute approximate surface area is 120 Å². The third-order valence-electron chi connectivity index (χ3n) is 3.53. The zero-order valence-electron chi connectivity index (χ0n) is 12.7. The van der Waals surface area contributed by atoms with Crippen LogP contribution in [0.25, 0.3) is 10.8 Å². The molecule has 2 N–H and O–H groups in total. The highest BCUT2D eigenvalue weighted by Crippen LogP contribution is 2.28. The molecule has 0 saturated carbocycles. The van der Waals surface area contributed by atoms with Crippen molar-refractivity contribution in [3.63, 3.8) is 0 Å². The van der Waals surface area contributed by atoms with E-state index in [1.54, 1.807) is 7.11 Å². The number of rotatable bonds is 5. The van der Waals surface area contributed by atoms with Crippen LogP contribution >= 0.6 is 0 Å². The fraction of sp³-hybridized carbons (Fsp3) is 0.438. The maximum atomic E-state index is 5.82. The van der Waals surface area contributed by atoms with Gasteiger partial charge in [-0.1, -0.05) is 13.8 Å². The molecule has 1 heterocycles. The van der Waals surface area contributed by atoms with Gasteiger partial charge in [0.15, 0.2) is 0 Å². The Balaban J connectivity index is 2.39. The van der Waals surface area contributed by atoms with E-state index in [-0.39, 0.29) is 5.41 Å². The standard InChI is InChI=1S/C16H23N3O/c1-16(2,10-17)11-19(3)15-14-6-5-13(20-4)9-12(14)7-8-18-15/h5-9H,10-11,17H2,1-4H3. The molecular weight excluding hydrogens is 250 g/mol. The summed E-state index contributed by atoms with van der Waals surface area (Å²) in [7, 11) is 3.74. The lowest BCUT2D eigenvalue weighted by molar-refractivity contribution is 0.384. The Morgan fingerprint density at radius 3 is 2.70 bits per heavy atom. The van der Waals surface area contributed by atoms with Gasteiger partial charge < -0.3 is 15.4 Å². The fourth-order valence-electron chi connectivity index (χ4n) is 2.35. The fourth-order valence-corrected chi connectivity index (χ4v) is 2.35. The largest absolute Gasteiger partial charge is 0.497 e. The molecule has 0 bridgehead atoms. The van der Waals surface area contributed by atoms with Gasteiger partial charge in [-0.2, -0.15) is 0 Å². The molecule has 4 nitrogen and oxygen atoms in total. The molecular formula is C16H23N3O. The number of benzene rings is 1. The highest BCUT2D eigenvalue weighted by molar-refractivity contribution is 5.93. The van der Waals surface area contributed by atoms with Crippen LogP contribution in [0.4, 0.5) is 5.82 Å². The molecule has 0 aliphatic rings. The summed E-state index contributed by atoms with van der Waals surface area (Å²) >= 11 is 0. The van der Waals surface area contributed by atoms with Crippen LogP contribution in [-0.4, -0.2) is 32.2 Å². The van der Waals surface area contributed by atoms with Crippen LogP contribution < -0.4 is 15.4 Å². The van der Waals surface area contributed by atoms with Crippen molar-refractivity contribution in [2.75, 3.05) is 32.1 Å². The first-order chi connectivity index (χ1) is 9.46. The Morgan fingerprint density at radius 2 is 2.05 bits per heavy atom. The molecule has 0 spiro atoms. The number of hydrogen-bond acceptors (Lipinski definition) is 4. The number of ether oxygens (including phenoxy) is 1. The monoisotopic (exact) mass is 273 g/mol. The summed E-state index contributed by atoms with van der Waals surface area (Å²) < 4.78 is 5.27. The van der Waals surface area contributed by atoms with Crippen molar-refractivity contribution in [1.29, 1.82) is 0 Å². The van der Waals surface area contributed by atoms with E-state index in [2.05, 4.69) is 36.8 Å². The highest BCUT2D eigenvalue weighted by atomic mass is 16.5. The summed E-state index contributed by atoms with van der Waals surface area (Å²) in [4.78, 5) is 6.69. The van der Waals surface area contributed by atoms with Crippen LogP contribution in [0.15, 0.2) is 30.5 Å². The van der Waals surface area contributed by atoms with Crippen LogP contribution in [0.5, 0.6) is 5.75 Å². The van der Waals surface area contributed by atoms with Gasteiger partial charge in [0.2, 0.25) is 0 Å². The second kappa shape index (κ2) is 5.67. The molecule has 0 amide bonds. The maximum Gasteiger partial charge on any atom is 0.136 e. The van der Waals surface area contributed by atoms with E-state index in [1.807, 2.05) is 24.4 Å². The van der Waals surface area contributed by atoms with Gasteiger partial charge in [-0.05, 0) is 41.6 Å². The summed E-state index contributed by atoms with van der Waals surface area (Å²) in [6, 6.07) is 8.06. The molecule has 2 aromatic rings. The Bertz CT molecular complexity index is 595. The average Bonchev–Trinajstić information content (AvgIpc) is 2.45. The number of aromatic nitrogens is 1. The Hall–Kier alpha value is -1.81. The zero-order valence-corrected chi connectivity index (χ0v) is 12.7. The van der Waals surface area contributed by atoms with Gasteiger partial charge in [0.25, 0.3) is 0 Å². The van der Waals surface area contributed by atoms with E-state index in [9.17, 15) is 0 Å². The minimum Gasteiger partial charge on any atom is -0.497 e. The molecule has 0 aliphatic heterocycles. The number of nitrogens with two attached hydrogens (primary N) is 1. The summed E-state index contributed by atoms with van der Waals surface area (Å²) in [6.07, 6.45) is 1.84. The second-order valence-corrected chi connectivity index (χ2v) is 5.95. The normalized spacial score (nSPS) is 11.7. The summed E-state index contributed by atoms with van der Waals surface area (Å²) in [5.41, 5.74) is 5.88. The first-order valence-electron chi connectivity index (χ1n) is 6.81. The smallest absolute Gasteiger partial charge is 0.136 e. The van der Waals surface area contributed by atoms with Crippen LogP contribution in [0.1, 0.15) is 13.8 Å². The topological polar surface area (TPSA) is 51.4 Å². The van der Waals surface area contributed by atoms with Crippen molar-refractivity contribution in [1.82, 2.24) is 4.98 Å². The first-order valence-corrected chi connectivity index (χ1v) is 6.81. The van der Waals surface area contributed by atoms with Crippen LogP contribution in [0.3, 0.4) is 0 Å². The quantitative estimate of drug-likeness (QED) is 0.910.